The maximum absolute atomic E-state index is 13.0. The second-order valence-corrected chi connectivity index (χ2v) is 7.16. The summed E-state index contributed by atoms with van der Waals surface area (Å²) in [6, 6.07) is 17.8. The van der Waals surface area contributed by atoms with Crippen LogP contribution in [0.2, 0.25) is 0 Å². The molecule has 33 heavy (non-hydrogen) atoms. The number of amides is 1. The van der Waals surface area contributed by atoms with Crippen LogP contribution >= 0.6 is 0 Å². The Morgan fingerprint density at radius 2 is 1.88 bits per heavy atom. The van der Waals surface area contributed by atoms with Crippen LogP contribution in [0.4, 0.5) is 11.4 Å². The maximum atomic E-state index is 13.0. The number of nitro benzene ring substituents is 1. The first kappa shape index (κ1) is 21.6. The van der Waals surface area contributed by atoms with Crippen molar-refractivity contribution < 1.29 is 19.2 Å². The number of para-hydroxylation sites is 1. The molecule has 2 heterocycles. The number of hydrogen-bond donors (Lipinski definition) is 1. The first-order chi connectivity index (χ1) is 15.9. The van der Waals surface area contributed by atoms with E-state index in [-0.39, 0.29) is 16.9 Å². The average molecular weight is 442 g/mol. The van der Waals surface area contributed by atoms with Crippen molar-refractivity contribution in [2.45, 2.75) is 13.0 Å². The lowest BCUT2D eigenvalue weighted by Crippen LogP contribution is -2.30. The molecule has 9 heteroatoms. The molecule has 0 aliphatic carbocycles. The van der Waals surface area contributed by atoms with E-state index < -0.39 is 22.9 Å². The molecule has 1 unspecified atom stereocenters. The largest absolute Gasteiger partial charge is 0.449 e. The summed E-state index contributed by atoms with van der Waals surface area (Å²) >= 11 is 0. The van der Waals surface area contributed by atoms with Crippen LogP contribution in [-0.2, 0) is 9.53 Å². The fraction of sp³-hybridized carbons (Fsp3) is 0.0833. The highest BCUT2D eigenvalue weighted by molar-refractivity contribution is 6.06. The summed E-state index contributed by atoms with van der Waals surface area (Å²) in [5.74, 6) is -1.31. The number of carbonyl (C=O) groups is 2. The van der Waals surface area contributed by atoms with Gasteiger partial charge >= 0.3 is 5.97 Å². The van der Waals surface area contributed by atoms with Gasteiger partial charge in [-0.15, -0.1) is 0 Å². The molecule has 2 aromatic carbocycles. The van der Waals surface area contributed by atoms with E-state index in [0.717, 1.165) is 5.56 Å². The Balaban J connectivity index is 1.57. The van der Waals surface area contributed by atoms with E-state index in [1.165, 1.54) is 31.2 Å². The molecule has 2 aromatic heterocycles. The summed E-state index contributed by atoms with van der Waals surface area (Å²) in [6.07, 6.45) is 2.13. The van der Waals surface area contributed by atoms with Gasteiger partial charge < -0.3 is 10.1 Å². The number of esters is 1. The van der Waals surface area contributed by atoms with E-state index >= 15 is 0 Å². The summed E-state index contributed by atoms with van der Waals surface area (Å²) < 4.78 is 5.42. The lowest BCUT2D eigenvalue weighted by atomic mass is 10.0. The molecule has 4 rings (SSSR count). The molecule has 0 saturated heterocycles. The van der Waals surface area contributed by atoms with Crippen molar-refractivity contribution in [3.05, 3.63) is 94.8 Å². The molecule has 0 aliphatic heterocycles. The Kier molecular flexibility index (Phi) is 6.03. The minimum Gasteiger partial charge on any atom is -0.449 e. The van der Waals surface area contributed by atoms with E-state index in [2.05, 4.69) is 15.3 Å². The van der Waals surface area contributed by atoms with Crippen LogP contribution in [0, 0.1) is 10.1 Å². The van der Waals surface area contributed by atoms with Crippen LogP contribution in [-0.4, -0.2) is 32.9 Å². The molecule has 0 spiro atoms. The lowest BCUT2D eigenvalue weighted by Gasteiger charge is -2.15. The quantitative estimate of drug-likeness (QED) is 0.267. The number of fused-ring (bicyclic) bond motifs is 1. The topological polar surface area (TPSA) is 124 Å². The van der Waals surface area contributed by atoms with Crippen molar-refractivity contribution >= 4 is 34.2 Å². The van der Waals surface area contributed by atoms with Crippen molar-refractivity contribution in [1.29, 1.82) is 0 Å². The van der Waals surface area contributed by atoms with Gasteiger partial charge in [-0.1, -0.05) is 24.3 Å². The van der Waals surface area contributed by atoms with Gasteiger partial charge in [0.25, 0.3) is 11.6 Å². The predicted molar refractivity (Wildman–Crippen MR) is 122 cm³/mol. The fourth-order valence-electron chi connectivity index (χ4n) is 3.23. The number of pyridine rings is 2. The van der Waals surface area contributed by atoms with Gasteiger partial charge in [-0.25, -0.2) is 9.78 Å². The second kappa shape index (κ2) is 9.23. The van der Waals surface area contributed by atoms with Gasteiger partial charge in [0.2, 0.25) is 0 Å². The van der Waals surface area contributed by atoms with Crippen LogP contribution in [0.3, 0.4) is 0 Å². The van der Waals surface area contributed by atoms with Crippen LogP contribution < -0.4 is 5.32 Å². The molecule has 0 aliphatic rings. The Bertz CT molecular complexity index is 1360. The van der Waals surface area contributed by atoms with E-state index in [0.29, 0.717) is 16.6 Å². The van der Waals surface area contributed by atoms with Crippen molar-refractivity contribution in [2.24, 2.45) is 0 Å². The molecule has 164 valence electrons. The Morgan fingerprint density at radius 1 is 1.06 bits per heavy atom. The van der Waals surface area contributed by atoms with Gasteiger partial charge in [0.1, 0.15) is 0 Å². The van der Waals surface area contributed by atoms with Gasteiger partial charge in [-0.2, -0.15) is 0 Å². The monoisotopic (exact) mass is 442 g/mol. The summed E-state index contributed by atoms with van der Waals surface area (Å²) in [7, 11) is 0. The Hall–Kier alpha value is -4.66. The number of nitrogens with one attached hydrogen (secondary N) is 1. The Labute approximate surface area is 188 Å². The zero-order valence-corrected chi connectivity index (χ0v) is 17.5. The van der Waals surface area contributed by atoms with Crippen LogP contribution in [0.15, 0.2) is 79.1 Å². The van der Waals surface area contributed by atoms with Gasteiger partial charge in [-0.05, 0) is 37.3 Å². The molecular weight excluding hydrogens is 424 g/mol. The average Bonchev–Trinajstić information content (AvgIpc) is 2.83. The highest BCUT2D eigenvalue weighted by atomic mass is 16.6. The maximum Gasteiger partial charge on any atom is 0.339 e. The molecule has 0 fully saturated rings. The first-order valence-corrected chi connectivity index (χ1v) is 9.99. The number of non-ortho nitro benzene ring substituents is 1. The predicted octanol–water partition coefficient (Wildman–Crippen LogP) is 4.39. The SMILES string of the molecule is CC(OC(=O)c1cc(-c2cccnc2)nc2ccccc12)C(=O)Nc1cccc([N+](=O)[O-])c1. The second-order valence-electron chi connectivity index (χ2n) is 7.16. The van der Waals surface area contributed by atoms with Crippen LogP contribution in [0.1, 0.15) is 17.3 Å². The number of benzene rings is 2. The van der Waals surface area contributed by atoms with Crippen molar-refractivity contribution in [3.8, 4) is 11.3 Å². The number of rotatable bonds is 6. The minimum atomic E-state index is -1.15. The van der Waals surface area contributed by atoms with Gasteiger partial charge in [0, 0.05) is 41.2 Å². The van der Waals surface area contributed by atoms with E-state index in [1.807, 2.05) is 12.1 Å². The molecule has 1 amide bonds. The van der Waals surface area contributed by atoms with Gasteiger partial charge in [0.05, 0.1) is 21.7 Å². The highest BCUT2D eigenvalue weighted by Gasteiger charge is 2.22. The third kappa shape index (κ3) is 4.82. The normalized spacial score (nSPS) is 11.5. The molecule has 0 bridgehead atoms. The zero-order valence-electron chi connectivity index (χ0n) is 17.5. The lowest BCUT2D eigenvalue weighted by molar-refractivity contribution is -0.384. The molecule has 9 nitrogen and oxygen atoms in total. The standard InChI is InChI=1S/C24H18N4O5/c1-15(23(29)26-17-7-4-8-18(12-17)28(31)32)33-24(30)20-13-22(16-6-5-11-25-14-16)27-21-10-3-2-9-19(20)21/h2-15H,1H3,(H,26,29). The summed E-state index contributed by atoms with van der Waals surface area (Å²) in [5, 5.41) is 14.0. The third-order valence-electron chi connectivity index (χ3n) is 4.87. The number of anilines is 1. The fourth-order valence-corrected chi connectivity index (χ4v) is 3.23. The van der Waals surface area contributed by atoms with Crippen LogP contribution in [0.5, 0.6) is 0 Å². The van der Waals surface area contributed by atoms with Crippen molar-refractivity contribution in [3.63, 3.8) is 0 Å². The number of carbonyl (C=O) groups excluding carboxylic acids is 2. The molecule has 0 saturated carbocycles. The summed E-state index contributed by atoms with van der Waals surface area (Å²) in [5.41, 5.74) is 2.19. The number of hydrogen-bond acceptors (Lipinski definition) is 7. The molecular formula is C24H18N4O5. The summed E-state index contributed by atoms with van der Waals surface area (Å²) in [4.78, 5) is 44.6. The first-order valence-electron chi connectivity index (χ1n) is 9.99. The summed E-state index contributed by atoms with van der Waals surface area (Å²) in [6.45, 7) is 1.43. The Morgan fingerprint density at radius 3 is 2.64 bits per heavy atom. The van der Waals surface area contributed by atoms with E-state index in [4.69, 9.17) is 4.74 Å². The van der Waals surface area contributed by atoms with Crippen molar-refractivity contribution in [2.75, 3.05) is 5.32 Å². The van der Waals surface area contributed by atoms with Crippen molar-refractivity contribution in [1.82, 2.24) is 9.97 Å². The van der Waals surface area contributed by atoms with Crippen LogP contribution in [0.25, 0.3) is 22.2 Å². The number of nitrogens with zero attached hydrogens (tertiary/aromatic N) is 3. The molecule has 4 aromatic rings. The van der Waals surface area contributed by atoms with E-state index in [1.54, 1.807) is 42.7 Å². The minimum absolute atomic E-state index is 0.163. The molecule has 1 atom stereocenters. The number of nitro groups is 1. The zero-order chi connectivity index (χ0) is 23.4. The van der Waals surface area contributed by atoms with E-state index in [9.17, 15) is 19.7 Å². The third-order valence-corrected chi connectivity index (χ3v) is 4.87. The smallest absolute Gasteiger partial charge is 0.339 e. The number of aromatic nitrogens is 2. The number of ether oxygens (including phenoxy) is 1. The highest BCUT2D eigenvalue weighted by Crippen LogP contribution is 2.25. The molecule has 0 radical (unpaired) electrons. The molecule has 1 N–H and O–H groups in total. The van der Waals surface area contributed by atoms with Gasteiger partial charge in [-0.3, -0.25) is 19.9 Å². The van der Waals surface area contributed by atoms with Gasteiger partial charge in [0.15, 0.2) is 6.10 Å².